The number of carbonyl (C=O) groups excluding carboxylic acids is 1. The van der Waals surface area contributed by atoms with Crippen molar-refractivity contribution in [3.63, 3.8) is 0 Å². The summed E-state index contributed by atoms with van der Waals surface area (Å²) < 4.78 is 5.16. The lowest BCUT2D eigenvalue weighted by Crippen LogP contribution is -2.27. The Hall–Kier alpha value is -3.81. The maximum Gasteiger partial charge on any atom is 0.412 e. The molecular formula is C21H22N6O2. The summed E-state index contributed by atoms with van der Waals surface area (Å²) in [5.74, 6) is 0. The number of nitrogen functional groups attached to an aromatic ring is 1. The standard InChI is InChI=1S/C13H15N3O2.C8H7N3/c1-13(2,3)18-12(17)16-9-7-11-10(15-8-9)5-4-6-14-11;9-6-4-8-7(11-5-6)2-1-3-10-8/h4-8H,1-3H3,(H,16,17);1-5H,9H2. The Morgan fingerprint density at radius 2 is 1.48 bits per heavy atom. The van der Waals surface area contributed by atoms with E-state index in [1.54, 1.807) is 30.9 Å². The van der Waals surface area contributed by atoms with Gasteiger partial charge in [0.2, 0.25) is 0 Å². The van der Waals surface area contributed by atoms with Crippen molar-refractivity contribution in [3.05, 3.63) is 61.2 Å². The van der Waals surface area contributed by atoms with Crippen molar-refractivity contribution in [2.75, 3.05) is 11.1 Å². The molecule has 0 aliphatic carbocycles. The summed E-state index contributed by atoms with van der Waals surface area (Å²) in [6.07, 6.45) is 6.11. The number of ether oxygens (including phenoxy) is 1. The average molecular weight is 390 g/mol. The third-order valence-corrected chi connectivity index (χ3v) is 3.57. The van der Waals surface area contributed by atoms with E-state index in [4.69, 9.17) is 10.5 Å². The van der Waals surface area contributed by atoms with Crippen LogP contribution < -0.4 is 11.1 Å². The molecule has 148 valence electrons. The summed E-state index contributed by atoms with van der Waals surface area (Å²) in [5, 5.41) is 2.63. The number of nitrogens with two attached hydrogens (primary N) is 1. The monoisotopic (exact) mass is 390 g/mol. The highest BCUT2D eigenvalue weighted by atomic mass is 16.6. The third-order valence-electron chi connectivity index (χ3n) is 3.57. The van der Waals surface area contributed by atoms with Crippen LogP contribution in [0.3, 0.4) is 0 Å². The van der Waals surface area contributed by atoms with Gasteiger partial charge in [0.1, 0.15) is 5.60 Å². The summed E-state index contributed by atoms with van der Waals surface area (Å²) in [6, 6.07) is 11.0. The van der Waals surface area contributed by atoms with Crippen molar-refractivity contribution in [3.8, 4) is 0 Å². The van der Waals surface area contributed by atoms with E-state index in [1.807, 2.05) is 51.1 Å². The topological polar surface area (TPSA) is 116 Å². The molecule has 0 radical (unpaired) electrons. The second-order valence-corrected chi connectivity index (χ2v) is 7.20. The van der Waals surface area contributed by atoms with Gasteiger partial charge >= 0.3 is 6.09 Å². The molecular weight excluding hydrogens is 368 g/mol. The first-order valence-electron chi connectivity index (χ1n) is 8.97. The number of fused-ring (bicyclic) bond motifs is 2. The minimum atomic E-state index is -0.521. The van der Waals surface area contributed by atoms with Crippen molar-refractivity contribution in [1.29, 1.82) is 0 Å². The zero-order chi connectivity index (χ0) is 20.9. The van der Waals surface area contributed by atoms with Crippen LogP contribution >= 0.6 is 0 Å². The molecule has 4 rings (SSSR count). The Morgan fingerprint density at radius 3 is 2.10 bits per heavy atom. The minimum absolute atomic E-state index is 0.500. The van der Waals surface area contributed by atoms with E-state index >= 15 is 0 Å². The number of amides is 1. The Labute approximate surface area is 168 Å². The Bertz CT molecular complexity index is 1140. The van der Waals surface area contributed by atoms with Crippen LogP contribution in [0.25, 0.3) is 22.1 Å². The number of rotatable bonds is 1. The van der Waals surface area contributed by atoms with Crippen molar-refractivity contribution in [2.45, 2.75) is 26.4 Å². The van der Waals surface area contributed by atoms with E-state index in [1.165, 1.54) is 0 Å². The van der Waals surface area contributed by atoms with E-state index in [0.29, 0.717) is 11.4 Å². The van der Waals surface area contributed by atoms with E-state index in [9.17, 15) is 4.79 Å². The molecule has 0 spiro atoms. The molecule has 0 saturated carbocycles. The van der Waals surface area contributed by atoms with E-state index in [0.717, 1.165) is 22.1 Å². The lowest BCUT2D eigenvalue weighted by molar-refractivity contribution is 0.0636. The predicted molar refractivity (Wildman–Crippen MR) is 113 cm³/mol. The molecule has 0 aliphatic rings. The van der Waals surface area contributed by atoms with Gasteiger partial charge in [-0.1, -0.05) is 0 Å². The number of pyridine rings is 4. The molecule has 0 aromatic carbocycles. The number of hydrogen-bond acceptors (Lipinski definition) is 7. The molecule has 0 saturated heterocycles. The molecule has 0 bridgehead atoms. The molecule has 4 aromatic heterocycles. The number of hydrogen-bond donors (Lipinski definition) is 2. The smallest absolute Gasteiger partial charge is 0.412 e. The molecule has 8 heteroatoms. The Balaban J connectivity index is 0.000000186. The van der Waals surface area contributed by atoms with Crippen LogP contribution in [0.4, 0.5) is 16.2 Å². The molecule has 0 atom stereocenters. The molecule has 3 N–H and O–H groups in total. The molecule has 0 unspecified atom stereocenters. The highest BCUT2D eigenvalue weighted by Crippen LogP contribution is 2.15. The first-order chi connectivity index (χ1) is 13.8. The van der Waals surface area contributed by atoms with Gasteiger partial charge in [0, 0.05) is 12.4 Å². The molecule has 0 aliphatic heterocycles. The lowest BCUT2D eigenvalue weighted by atomic mass is 10.2. The quantitative estimate of drug-likeness (QED) is 0.500. The molecule has 4 aromatic rings. The summed E-state index contributed by atoms with van der Waals surface area (Å²) in [6.45, 7) is 5.44. The van der Waals surface area contributed by atoms with Gasteiger partial charge in [0.15, 0.2) is 0 Å². The minimum Gasteiger partial charge on any atom is -0.444 e. The van der Waals surface area contributed by atoms with E-state index < -0.39 is 11.7 Å². The molecule has 4 heterocycles. The number of nitrogens with one attached hydrogen (secondary N) is 1. The van der Waals surface area contributed by atoms with Gasteiger partial charge in [-0.25, -0.2) is 4.79 Å². The normalized spacial score (nSPS) is 10.9. The maximum atomic E-state index is 11.6. The van der Waals surface area contributed by atoms with Crippen LogP contribution in [-0.2, 0) is 4.74 Å². The number of nitrogens with zero attached hydrogens (tertiary/aromatic N) is 4. The molecule has 1 amide bonds. The number of aromatic nitrogens is 4. The summed E-state index contributed by atoms with van der Waals surface area (Å²) >= 11 is 0. The first-order valence-corrected chi connectivity index (χ1v) is 8.97. The van der Waals surface area contributed by atoms with Crippen molar-refractivity contribution < 1.29 is 9.53 Å². The van der Waals surface area contributed by atoms with Crippen LogP contribution in [0, 0.1) is 0 Å². The summed E-state index contributed by atoms with van der Waals surface area (Å²) in [7, 11) is 0. The van der Waals surface area contributed by atoms with Crippen molar-refractivity contribution in [2.24, 2.45) is 0 Å². The Morgan fingerprint density at radius 1 is 0.897 bits per heavy atom. The highest BCUT2D eigenvalue weighted by molar-refractivity contribution is 5.87. The van der Waals surface area contributed by atoms with Gasteiger partial charge in [-0.3, -0.25) is 25.3 Å². The van der Waals surface area contributed by atoms with E-state index in [-0.39, 0.29) is 0 Å². The fraction of sp³-hybridized carbons (Fsp3) is 0.190. The fourth-order valence-electron chi connectivity index (χ4n) is 2.41. The predicted octanol–water partition coefficient (Wildman–Crippen LogP) is 4.19. The first kappa shape index (κ1) is 19.9. The van der Waals surface area contributed by atoms with Crippen LogP contribution in [0.1, 0.15) is 20.8 Å². The zero-order valence-corrected chi connectivity index (χ0v) is 16.5. The molecule has 29 heavy (non-hydrogen) atoms. The third kappa shape index (κ3) is 5.83. The van der Waals surface area contributed by atoms with Gasteiger partial charge in [-0.2, -0.15) is 0 Å². The van der Waals surface area contributed by atoms with Crippen LogP contribution in [0.5, 0.6) is 0 Å². The molecule has 0 fully saturated rings. The van der Waals surface area contributed by atoms with Crippen molar-refractivity contribution >= 4 is 39.5 Å². The highest BCUT2D eigenvalue weighted by Gasteiger charge is 2.16. The Kier molecular flexibility index (Phi) is 5.82. The largest absolute Gasteiger partial charge is 0.444 e. The second-order valence-electron chi connectivity index (χ2n) is 7.20. The van der Waals surface area contributed by atoms with Gasteiger partial charge in [-0.15, -0.1) is 0 Å². The van der Waals surface area contributed by atoms with Crippen LogP contribution in [0.15, 0.2) is 61.2 Å². The lowest BCUT2D eigenvalue weighted by Gasteiger charge is -2.19. The fourth-order valence-corrected chi connectivity index (χ4v) is 2.41. The second kappa shape index (κ2) is 8.47. The van der Waals surface area contributed by atoms with Crippen LogP contribution in [0.2, 0.25) is 0 Å². The van der Waals surface area contributed by atoms with Gasteiger partial charge in [-0.05, 0) is 57.2 Å². The van der Waals surface area contributed by atoms with Gasteiger partial charge in [0.05, 0.1) is 45.8 Å². The summed E-state index contributed by atoms with van der Waals surface area (Å²) in [4.78, 5) is 28.1. The number of anilines is 2. The van der Waals surface area contributed by atoms with Gasteiger partial charge < -0.3 is 10.5 Å². The molecule has 8 nitrogen and oxygen atoms in total. The van der Waals surface area contributed by atoms with Gasteiger partial charge in [0.25, 0.3) is 0 Å². The maximum absolute atomic E-state index is 11.6. The number of carbonyl (C=O) groups is 1. The van der Waals surface area contributed by atoms with Crippen molar-refractivity contribution in [1.82, 2.24) is 19.9 Å². The zero-order valence-electron chi connectivity index (χ0n) is 16.5. The summed E-state index contributed by atoms with van der Waals surface area (Å²) in [5.41, 5.74) is 9.44. The van der Waals surface area contributed by atoms with Crippen LogP contribution in [-0.4, -0.2) is 31.6 Å². The SMILES string of the molecule is CC(C)(C)OC(=O)Nc1cnc2cccnc2c1.Nc1cnc2cccnc2c1. The van der Waals surface area contributed by atoms with E-state index in [2.05, 4.69) is 25.3 Å². The average Bonchev–Trinajstić information content (AvgIpc) is 2.67.